The van der Waals surface area contributed by atoms with Crippen LogP contribution in [0.25, 0.3) is 0 Å². The van der Waals surface area contributed by atoms with Crippen LogP contribution in [0, 0.1) is 0 Å². The molecule has 4 heteroatoms. The number of esters is 1. The lowest BCUT2D eigenvalue weighted by Crippen LogP contribution is -2.06. The van der Waals surface area contributed by atoms with Crippen LogP contribution in [0.3, 0.4) is 0 Å². The molecule has 0 heterocycles. The molecule has 0 aliphatic rings. The molecule has 0 amide bonds. The van der Waals surface area contributed by atoms with Crippen LogP contribution in [0.15, 0.2) is 24.3 Å². The molecular weight excluding hydrogens is 292 g/mol. The molecule has 0 spiro atoms. The Hall–Kier alpha value is -1.13. The van der Waals surface area contributed by atoms with Crippen LogP contribution in [0.1, 0.15) is 77.6 Å². The van der Waals surface area contributed by atoms with Gasteiger partial charge >= 0.3 is 5.97 Å². The molecule has 0 aliphatic carbocycles. The Labute approximate surface area is 141 Å². The summed E-state index contributed by atoms with van der Waals surface area (Å²) >= 11 is 0. The Morgan fingerprint density at radius 3 is 2.48 bits per heavy atom. The van der Waals surface area contributed by atoms with Crippen LogP contribution < -0.4 is 0 Å². The fraction of sp³-hybridized carbons (Fsp3) is 0.737. The van der Waals surface area contributed by atoms with Crippen molar-refractivity contribution in [2.45, 2.75) is 83.7 Å². The van der Waals surface area contributed by atoms with E-state index in [9.17, 15) is 4.79 Å². The number of carbonyl (C=O) groups is 1. The van der Waals surface area contributed by atoms with Crippen molar-refractivity contribution in [3.8, 4) is 0 Å². The van der Waals surface area contributed by atoms with Gasteiger partial charge in [-0.25, -0.2) is 4.89 Å². The molecule has 0 fully saturated rings. The van der Waals surface area contributed by atoms with Crippen molar-refractivity contribution in [1.29, 1.82) is 0 Å². The number of allylic oxidation sites excluding steroid dienone is 3. The highest BCUT2D eigenvalue weighted by atomic mass is 17.1. The molecule has 1 N–H and O–H groups in total. The highest BCUT2D eigenvalue weighted by Crippen LogP contribution is 2.11. The first kappa shape index (κ1) is 21.9. The molecule has 0 saturated carbocycles. The van der Waals surface area contributed by atoms with Crippen molar-refractivity contribution in [3.05, 3.63) is 24.3 Å². The van der Waals surface area contributed by atoms with Crippen LogP contribution in [0.5, 0.6) is 0 Å². The average molecular weight is 326 g/mol. The first-order chi connectivity index (χ1) is 11.2. The van der Waals surface area contributed by atoms with E-state index in [1.54, 1.807) is 0 Å². The fourth-order valence-electron chi connectivity index (χ4n) is 2.31. The summed E-state index contributed by atoms with van der Waals surface area (Å²) in [5.74, 6) is -0.133. The highest BCUT2D eigenvalue weighted by molar-refractivity contribution is 5.68. The molecule has 0 radical (unpaired) electrons. The van der Waals surface area contributed by atoms with Gasteiger partial charge in [0.2, 0.25) is 0 Å². The Bertz CT molecular complexity index is 323. The molecule has 1 atom stereocenters. The topological polar surface area (TPSA) is 55.8 Å². The van der Waals surface area contributed by atoms with E-state index in [2.05, 4.69) is 22.6 Å². The zero-order valence-electron chi connectivity index (χ0n) is 14.8. The summed E-state index contributed by atoms with van der Waals surface area (Å²) in [6.45, 7) is 2.20. The fourth-order valence-corrected chi connectivity index (χ4v) is 2.31. The van der Waals surface area contributed by atoms with Crippen LogP contribution in [0.2, 0.25) is 0 Å². The Morgan fingerprint density at radius 1 is 1.04 bits per heavy atom. The maximum Gasteiger partial charge on any atom is 0.305 e. The Morgan fingerprint density at radius 2 is 1.78 bits per heavy atom. The molecule has 0 saturated heterocycles. The van der Waals surface area contributed by atoms with Gasteiger partial charge in [-0.15, -0.1) is 0 Å². The van der Waals surface area contributed by atoms with E-state index in [1.165, 1.54) is 26.4 Å². The third-order valence-corrected chi connectivity index (χ3v) is 3.78. The molecule has 134 valence electrons. The number of unbranched alkanes of at least 4 members (excludes halogenated alkanes) is 7. The Kier molecular flexibility index (Phi) is 16.4. The zero-order chi connectivity index (χ0) is 17.2. The van der Waals surface area contributed by atoms with Crippen molar-refractivity contribution in [2.24, 2.45) is 0 Å². The van der Waals surface area contributed by atoms with Gasteiger partial charge in [0, 0.05) is 6.42 Å². The summed E-state index contributed by atoms with van der Waals surface area (Å²) < 4.78 is 4.60. The molecule has 0 bridgehead atoms. The van der Waals surface area contributed by atoms with Crippen LogP contribution in [0.4, 0.5) is 0 Å². The second-order valence-electron chi connectivity index (χ2n) is 5.84. The van der Waals surface area contributed by atoms with Gasteiger partial charge in [-0.2, -0.15) is 0 Å². The predicted molar refractivity (Wildman–Crippen MR) is 94.3 cm³/mol. The number of carbonyl (C=O) groups excluding carboxylic acids is 1. The summed E-state index contributed by atoms with van der Waals surface area (Å²) in [6, 6.07) is 0. The lowest BCUT2D eigenvalue weighted by atomic mass is 10.1. The largest absolute Gasteiger partial charge is 0.469 e. The monoisotopic (exact) mass is 326 g/mol. The van der Waals surface area contributed by atoms with Crippen LogP contribution in [-0.4, -0.2) is 24.4 Å². The average Bonchev–Trinajstić information content (AvgIpc) is 2.57. The summed E-state index contributed by atoms with van der Waals surface area (Å²) in [7, 11) is 1.42. The van der Waals surface area contributed by atoms with E-state index in [0.29, 0.717) is 6.42 Å². The Balaban J connectivity index is 3.59. The lowest BCUT2D eigenvalue weighted by Gasteiger charge is -2.08. The molecule has 0 aromatic heterocycles. The summed E-state index contributed by atoms with van der Waals surface area (Å²) in [4.78, 5) is 15.4. The third-order valence-electron chi connectivity index (χ3n) is 3.78. The van der Waals surface area contributed by atoms with Gasteiger partial charge in [-0.3, -0.25) is 10.1 Å². The van der Waals surface area contributed by atoms with Crippen molar-refractivity contribution in [3.63, 3.8) is 0 Å². The minimum absolute atomic E-state index is 0.133. The van der Waals surface area contributed by atoms with E-state index in [1.807, 2.05) is 18.2 Å². The number of hydrogen-bond donors (Lipinski definition) is 1. The van der Waals surface area contributed by atoms with E-state index < -0.39 is 0 Å². The number of ether oxygens (including phenoxy) is 1. The highest BCUT2D eigenvalue weighted by Gasteiger charge is 2.04. The SMILES string of the molecule is CCCCC/C=C/C=C\C(CCCCCCCC(=O)OC)OO. The summed E-state index contributed by atoms with van der Waals surface area (Å²) in [5, 5.41) is 8.90. The molecule has 0 aromatic carbocycles. The first-order valence-electron chi connectivity index (χ1n) is 8.95. The van der Waals surface area contributed by atoms with Crippen LogP contribution >= 0.6 is 0 Å². The van der Waals surface area contributed by atoms with Crippen molar-refractivity contribution < 1.29 is 19.7 Å². The first-order valence-corrected chi connectivity index (χ1v) is 8.95. The molecular formula is C19H34O4. The minimum atomic E-state index is -0.231. The molecule has 23 heavy (non-hydrogen) atoms. The molecule has 1 unspecified atom stereocenters. The van der Waals surface area contributed by atoms with Gasteiger partial charge in [0.1, 0.15) is 6.10 Å². The normalized spacial score (nSPS) is 13.0. The maximum absolute atomic E-state index is 10.9. The van der Waals surface area contributed by atoms with Gasteiger partial charge in [-0.05, 0) is 25.7 Å². The molecule has 0 aliphatic heterocycles. The van der Waals surface area contributed by atoms with E-state index in [4.69, 9.17) is 5.26 Å². The number of rotatable bonds is 15. The van der Waals surface area contributed by atoms with Gasteiger partial charge in [0.15, 0.2) is 0 Å². The molecule has 4 nitrogen and oxygen atoms in total. The molecule has 0 rings (SSSR count). The standard InChI is InChI=1S/C19H34O4/c1-3-4-5-6-7-9-12-15-18(23-21)16-13-10-8-11-14-17-19(20)22-2/h7,9,12,15,18,21H,3-6,8,10-11,13-14,16-17H2,1-2H3/b9-7+,15-12-. The quantitative estimate of drug-likeness (QED) is 0.143. The molecule has 0 aromatic rings. The number of methoxy groups -OCH3 is 1. The lowest BCUT2D eigenvalue weighted by molar-refractivity contribution is -0.267. The van der Waals surface area contributed by atoms with Gasteiger partial charge < -0.3 is 4.74 Å². The third kappa shape index (κ3) is 15.5. The smallest absolute Gasteiger partial charge is 0.305 e. The van der Waals surface area contributed by atoms with Crippen molar-refractivity contribution >= 4 is 5.97 Å². The van der Waals surface area contributed by atoms with Gasteiger partial charge in [0.25, 0.3) is 0 Å². The van der Waals surface area contributed by atoms with Gasteiger partial charge in [-0.1, -0.05) is 69.8 Å². The maximum atomic E-state index is 10.9. The summed E-state index contributed by atoms with van der Waals surface area (Å²) in [6.07, 6.45) is 19.1. The van der Waals surface area contributed by atoms with Crippen molar-refractivity contribution in [2.75, 3.05) is 7.11 Å². The van der Waals surface area contributed by atoms with E-state index >= 15 is 0 Å². The second-order valence-corrected chi connectivity index (χ2v) is 5.84. The van der Waals surface area contributed by atoms with E-state index in [-0.39, 0.29) is 12.1 Å². The predicted octanol–water partition coefficient (Wildman–Crippen LogP) is 5.44. The van der Waals surface area contributed by atoms with Gasteiger partial charge in [0.05, 0.1) is 7.11 Å². The second kappa shape index (κ2) is 17.2. The summed E-state index contributed by atoms with van der Waals surface area (Å²) in [5.41, 5.74) is 0. The van der Waals surface area contributed by atoms with Crippen molar-refractivity contribution in [1.82, 2.24) is 0 Å². The van der Waals surface area contributed by atoms with E-state index in [0.717, 1.165) is 44.9 Å². The van der Waals surface area contributed by atoms with Crippen LogP contribution in [-0.2, 0) is 14.4 Å². The zero-order valence-corrected chi connectivity index (χ0v) is 14.8. The minimum Gasteiger partial charge on any atom is -0.469 e. The number of hydrogen-bond acceptors (Lipinski definition) is 4.